The fourth-order valence-electron chi connectivity index (χ4n) is 2.11. The third-order valence-electron chi connectivity index (χ3n) is 3.10. The van der Waals surface area contributed by atoms with Crippen molar-refractivity contribution in [1.82, 2.24) is 10.4 Å². The van der Waals surface area contributed by atoms with Crippen molar-refractivity contribution in [1.29, 1.82) is 0 Å². The summed E-state index contributed by atoms with van der Waals surface area (Å²) in [7, 11) is 0. The van der Waals surface area contributed by atoms with E-state index in [2.05, 4.69) is 10.4 Å². The number of nitrogens with one attached hydrogen (secondary N) is 1. The van der Waals surface area contributed by atoms with Crippen LogP contribution in [-0.2, 0) is 4.79 Å². The van der Waals surface area contributed by atoms with Crippen LogP contribution in [0.1, 0.15) is 18.4 Å². The molecule has 0 spiro atoms. The van der Waals surface area contributed by atoms with Gasteiger partial charge in [-0.2, -0.15) is 4.99 Å². The maximum atomic E-state index is 13.1. The van der Waals surface area contributed by atoms with E-state index in [0.717, 1.165) is 25.9 Å². The lowest BCUT2D eigenvalue weighted by molar-refractivity contribution is -0.113. The van der Waals surface area contributed by atoms with Gasteiger partial charge in [-0.15, -0.1) is 0 Å². The Kier molecular flexibility index (Phi) is 3.84. The highest BCUT2D eigenvalue weighted by molar-refractivity contribution is 8.18. The predicted molar refractivity (Wildman–Crippen MR) is 78.4 cm³/mol. The Balaban J connectivity index is 1.76. The molecule has 0 bridgehead atoms. The van der Waals surface area contributed by atoms with Crippen molar-refractivity contribution >= 4 is 28.9 Å². The van der Waals surface area contributed by atoms with Crippen LogP contribution in [0.3, 0.4) is 0 Å². The summed E-state index contributed by atoms with van der Waals surface area (Å²) in [4.78, 5) is 16.5. The number of nitrogens with zero attached hydrogens (tertiary/aromatic N) is 2. The Bertz CT molecular complexity index is 594. The van der Waals surface area contributed by atoms with Gasteiger partial charge in [0.25, 0.3) is 5.91 Å². The normalized spacial score (nSPS) is 21.4. The number of thioether (sulfide) groups is 1. The maximum Gasteiger partial charge on any atom is 0.286 e. The smallest absolute Gasteiger partial charge is 0.286 e. The number of halogens is 1. The van der Waals surface area contributed by atoms with Crippen LogP contribution in [0.25, 0.3) is 6.08 Å². The molecule has 1 amide bonds. The molecular formula is C14H14FN3OS. The largest absolute Gasteiger partial charge is 0.286 e. The van der Waals surface area contributed by atoms with Crippen LogP contribution in [0.15, 0.2) is 34.2 Å². The third-order valence-corrected chi connectivity index (χ3v) is 4.10. The van der Waals surface area contributed by atoms with Gasteiger partial charge in [-0.05, 0) is 48.4 Å². The second kappa shape index (κ2) is 5.76. The van der Waals surface area contributed by atoms with Crippen LogP contribution in [0.4, 0.5) is 4.39 Å². The number of rotatable bonds is 1. The molecule has 3 rings (SSSR count). The Hall–Kier alpha value is -1.66. The number of carbonyl (C=O) groups is 1. The number of hydrogen-bond donors (Lipinski definition) is 1. The Morgan fingerprint density at radius 2 is 2.30 bits per heavy atom. The highest BCUT2D eigenvalue weighted by Crippen LogP contribution is 2.30. The van der Waals surface area contributed by atoms with Gasteiger partial charge < -0.3 is 0 Å². The number of hydrazine groups is 1. The molecule has 0 aliphatic carbocycles. The summed E-state index contributed by atoms with van der Waals surface area (Å²) >= 11 is 1.33. The first-order chi connectivity index (χ1) is 9.72. The molecule has 0 atom stereocenters. The first-order valence-corrected chi connectivity index (χ1v) is 7.33. The highest BCUT2D eigenvalue weighted by atomic mass is 32.2. The average molecular weight is 291 g/mol. The van der Waals surface area contributed by atoms with Crippen LogP contribution < -0.4 is 5.43 Å². The van der Waals surface area contributed by atoms with Gasteiger partial charge in [-0.3, -0.25) is 9.80 Å². The van der Waals surface area contributed by atoms with E-state index in [1.165, 1.54) is 23.9 Å². The second-order valence-electron chi connectivity index (χ2n) is 4.63. The standard InChI is InChI=1S/C14H14FN3OS/c15-11-5-3-4-10(8-11)9-12-13(19)17-14(20-12)18-7-2-1-6-16-18/h3-5,8-9,16H,1-2,6-7H2. The summed E-state index contributed by atoms with van der Waals surface area (Å²) in [6, 6.07) is 6.17. The van der Waals surface area contributed by atoms with Gasteiger partial charge in [0.1, 0.15) is 5.82 Å². The monoisotopic (exact) mass is 291 g/mol. The van der Waals surface area contributed by atoms with Crippen molar-refractivity contribution < 1.29 is 9.18 Å². The van der Waals surface area contributed by atoms with Crippen LogP contribution >= 0.6 is 11.8 Å². The first-order valence-electron chi connectivity index (χ1n) is 6.51. The molecule has 0 saturated carbocycles. The van der Waals surface area contributed by atoms with Crippen LogP contribution in [-0.4, -0.2) is 29.2 Å². The number of amidine groups is 1. The number of carbonyl (C=O) groups excluding carboxylic acids is 1. The van der Waals surface area contributed by atoms with Crippen molar-refractivity contribution in [3.05, 3.63) is 40.6 Å². The molecule has 1 aromatic carbocycles. The molecule has 1 fully saturated rings. The number of hydrogen-bond acceptors (Lipinski definition) is 4. The minimum absolute atomic E-state index is 0.262. The summed E-state index contributed by atoms with van der Waals surface area (Å²) in [6.45, 7) is 1.75. The van der Waals surface area contributed by atoms with Crippen molar-refractivity contribution in [2.75, 3.05) is 13.1 Å². The van der Waals surface area contributed by atoms with Gasteiger partial charge in [0, 0.05) is 13.1 Å². The summed E-state index contributed by atoms with van der Waals surface area (Å²) < 4.78 is 13.1. The zero-order chi connectivity index (χ0) is 13.9. The van der Waals surface area contributed by atoms with Gasteiger partial charge in [0.05, 0.1) is 4.91 Å². The summed E-state index contributed by atoms with van der Waals surface area (Å²) in [5.74, 6) is -0.574. The Morgan fingerprint density at radius 1 is 1.40 bits per heavy atom. The molecule has 104 valence electrons. The highest BCUT2D eigenvalue weighted by Gasteiger charge is 2.26. The molecule has 4 nitrogen and oxygen atoms in total. The lowest BCUT2D eigenvalue weighted by atomic mass is 10.2. The maximum absolute atomic E-state index is 13.1. The van der Waals surface area contributed by atoms with E-state index in [1.807, 2.05) is 5.01 Å². The third kappa shape index (κ3) is 2.91. The molecule has 1 aromatic rings. The lowest BCUT2D eigenvalue weighted by Crippen LogP contribution is -2.45. The molecule has 2 aliphatic heterocycles. The van der Waals surface area contributed by atoms with Gasteiger partial charge in [-0.25, -0.2) is 9.82 Å². The lowest BCUT2D eigenvalue weighted by Gasteiger charge is -2.28. The topological polar surface area (TPSA) is 44.7 Å². The van der Waals surface area contributed by atoms with Crippen LogP contribution in [0.2, 0.25) is 0 Å². The molecule has 1 saturated heterocycles. The minimum Gasteiger partial charge on any atom is -0.286 e. The van der Waals surface area contributed by atoms with Crippen LogP contribution in [0.5, 0.6) is 0 Å². The summed E-state index contributed by atoms with van der Waals surface area (Å²) in [5, 5.41) is 2.59. The van der Waals surface area contributed by atoms with E-state index < -0.39 is 0 Å². The molecular weight excluding hydrogens is 277 g/mol. The molecule has 1 N–H and O–H groups in total. The SMILES string of the molecule is O=C1N=C(N2CCCCN2)SC1=Cc1cccc(F)c1. The van der Waals surface area contributed by atoms with E-state index in [0.29, 0.717) is 15.6 Å². The van der Waals surface area contributed by atoms with Crippen LogP contribution in [0, 0.1) is 5.82 Å². The van der Waals surface area contributed by atoms with Gasteiger partial charge in [-0.1, -0.05) is 12.1 Å². The van der Waals surface area contributed by atoms with Crippen molar-refractivity contribution in [3.8, 4) is 0 Å². The summed E-state index contributed by atoms with van der Waals surface area (Å²) in [5.41, 5.74) is 3.89. The fraction of sp³-hybridized carbons (Fsp3) is 0.286. The van der Waals surface area contributed by atoms with E-state index >= 15 is 0 Å². The fourth-order valence-corrected chi connectivity index (χ4v) is 3.03. The molecule has 20 heavy (non-hydrogen) atoms. The first kappa shape index (κ1) is 13.3. The van der Waals surface area contributed by atoms with Gasteiger partial charge >= 0.3 is 0 Å². The zero-order valence-corrected chi connectivity index (χ0v) is 11.6. The van der Waals surface area contributed by atoms with Crippen molar-refractivity contribution in [2.24, 2.45) is 4.99 Å². The number of aliphatic imine (C=N–C) groups is 1. The molecule has 0 radical (unpaired) electrons. The summed E-state index contributed by atoms with van der Waals surface area (Å²) in [6.07, 6.45) is 3.90. The molecule has 6 heteroatoms. The van der Waals surface area contributed by atoms with Crippen molar-refractivity contribution in [3.63, 3.8) is 0 Å². The quantitative estimate of drug-likeness (QED) is 0.807. The molecule has 2 heterocycles. The molecule has 0 unspecified atom stereocenters. The predicted octanol–water partition coefficient (Wildman–Crippen LogP) is 2.40. The van der Waals surface area contributed by atoms with E-state index in [1.54, 1.807) is 18.2 Å². The number of benzene rings is 1. The van der Waals surface area contributed by atoms with E-state index in [4.69, 9.17) is 0 Å². The minimum atomic E-state index is -0.311. The van der Waals surface area contributed by atoms with Crippen molar-refractivity contribution in [2.45, 2.75) is 12.8 Å². The average Bonchev–Trinajstić information content (AvgIpc) is 2.81. The molecule has 0 aromatic heterocycles. The Labute approximate surface area is 120 Å². The second-order valence-corrected chi connectivity index (χ2v) is 5.64. The Morgan fingerprint density at radius 3 is 3.05 bits per heavy atom. The van der Waals surface area contributed by atoms with Gasteiger partial charge in [0.15, 0.2) is 5.17 Å². The van der Waals surface area contributed by atoms with E-state index in [9.17, 15) is 9.18 Å². The number of amides is 1. The van der Waals surface area contributed by atoms with E-state index in [-0.39, 0.29) is 11.7 Å². The molecule has 2 aliphatic rings. The zero-order valence-electron chi connectivity index (χ0n) is 10.8. The van der Waals surface area contributed by atoms with Gasteiger partial charge in [0.2, 0.25) is 0 Å².